The van der Waals surface area contributed by atoms with Crippen LogP contribution in [-0.4, -0.2) is 34.8 Å². The number of pyridine rings is 1. The number of esters is 1. The zero-order chi connectivity index (χ0) is 13.6. The molecule has 0 fully saturated rings. The summed E-state index contributed by atoms with van der Waals surface area (Å²) in [4.78, 5) is 15.9. The summed E-state index contributed by atoms with van der Waals surface area (Å²) in [6, 6.07) is 3.36. The van der Waals surface area contributed by atoms with E-state index in [1.54, 1.807) is 25.3 Å². The van der Waals surface area contributed by atoms with Crippen molar-refractivity contribution in [3.05, 3.63) is 23.9 Å². The molecule has 100 valence electrons. The third kappa shape index (κ3) is 4.00. The number of aromatic nitrogens is 1. The number of aliphatic hydroxyl groups is 1. The van der Waals surface area contributed by atoms with Crippen molar-refractivity contribution in [1.29, 1.82) is 0 Å². The van der Waals surface area contributed by atoms with Gasteiger partial charge in [-0.3, -0.25) is 0 Å². The highest BCUT2D eigenvalue weighted by Crippen LogP contribution is 2.20. The van der Waals surface area contributed by atoms with Crippen LogP contribution in [0.1, 0.15) is 37.6 Å². The van der Waals surface area contributed by atoms with Crippen molar-refractivity contribution in [2.75, 3.05) is 18.5 Å². The highest BCUT2D eigenvalue weighted by atomic mass is 16.5. The van der Waals surface area contributed by atoms with Gasteiger partial charge >= 0.3 is 5.97 Å². The van der Waals surface area contributed by atoms with E-state index in [9.17, 15) is 4.79 Å². The van der Waals surface area contributed by atoms with Gasteiger partial charge in [0.05, 0.1) is 6.61 Å². The Hall–Kier alpha value is -1.62. The standard InChI is InChI=1S/C13H20N2O3/c1-4-18-12(17)10-6-5-8-14-11(10)15-13(2,3)7-9-16/h5-6,8,16H,4,7,9H2,1-3H3,(H,14,15). The predicted octanol–water partition coefficient (Wildman–Crippen LogP) is 1.83. The Bertz CT molecular complexity index is 405. The molecule has 1 rings (SSSR count). The maximum atomic E-state index is 11.8. The third-order valence-electron chi connectivity index (χ3n) is 2.50. The smallest absolute Gasteiger partial charge is 0.341 e. The molecule has 0 aliphatic heterocycles. The van der Waals surface area contributed by atoms with E-state index in [1.165, 1.54) is 0 Å². The van der Waals surface area contributed by atoms with Gasteiger partial charge in [0.1, 0.15) is 11.4 Å². The van der Waals surface area contributed by atoms with Crippen molar-refractivity contribution in [2.45, 2.75) is 32.7 Å². The molecule has 1 heterocycles. The van der Waals surface area contributed by atoms with Crippen LogP contribution < -0.4 is 5.32 Å². The molecule has 18 heavy (non-hydrogen) atoms. The summed E-state index contributed by atoms with van der Waals surface area (Å²) < 4.78 is 4.97. The van der Waals surface area contributed by atoms with Gasteiger partial charge in [-0.15, -0.1) is 0 Å². The minimum Gasteiger partial charge on any atom is -0.462 e. The van der Waals surface area contributed by atoms with Crippen LogP contribution in [-0.2, 0) is 4.74 Å². The summed E-state index contributed by atoms with van der Waals surface area (Å²) in [6.07, 6.45) is 2.17. The minimum absolute atomic E-state index is 0.0710. The number of anilines is 1. The normalized spacial score (nSPS) is 11.1. The summed E-state index contributed by atoms with van der Waals surface area (Å²) >= 11 is 0. The van der Waals surface area contributed by atoms with Gasteiger partial charge in [-0.25, -0.2) is 9.78 Å². The Labute approximate surface area is 107 Å². The monoisotopic (exact) mass is 252 g/mol. The molecule has 0 bridgehead atoms. The SMILES string of the molecule is CCOC(=O)c1cccnc1NC(C)(C)CCO. The second kappa shape index (κ2) is 6.35. The zero-order valence-corrected chi connectivity index (χ0v) is 11.1. The summed E-state index contributed by atoms with van der Waals surface area (Å²) in [5, 5.41) is 12.1. The van der Waals surface area contributed by atoms with E-state index in [4.69, 9.17) is 9.84 Å². The molecule has 1 aromatic rings. The van der Waals surface area contributed by atoms with Gasteiger partial charge in [0.25, 0.3) is 0 Å². The van der Waals surface area contributed by atoms with Crippen LogP contribution in [0, 0.1) is 0 Å². The van der Waals surface area contributed by atoms with E-state index >= 15 is 0 Å². The molecule has 0 radical (unpaired) electrons. The Morgan fingerprint density at radius 3 is 2.89 bits per heavy atom. The lowest BCUT2D eigenvalue weighted by Crippen LogP contribution is -2.33. The van der Waals surface area contributed by atoms with Crippen LogP contribution in [0.25, 0.3) is 0 Å². The molecular weight excluding hydrogens is 232 g/mol. The first kappa shape index (κ1) is 14.4. The number of carbonyl (C=O) groups excluding carboxylic acids is 1. The summed E-state index contributed by atoms with van der Waals surface area (Å²) in [7, 11) is 0. The first-order valence-electron chi connectivity index (χ1n) is 6.01. The maximum Gasteiger partial charge on any atom is 0.341 e. The molecule has 0 aromatic carbocycles. The maximum absolute atomic E-state index is 11.8. The number of aliphatic hydroxyl groups excluding tert-OH is 1. The third-order valence-corrected chi connectivity index (χ3v) is 2.50. The van der Waals surface area contributed by atoms with E-state index in [-0.39, 0.29) is 12.1 Å². The fourth-order valence-corrected chi connectivity index (χ4v) is 1.54. The number of nitrogens with zero attached hydrogens (tertiary/aromatic N) is 1. The second-order valence-electron chi connectivity index (χ2n) is 4.60. The van der Waals surface area contributed by atoms with Gasteiger partial charge in [-0.2, -0.15) is 0 Å². The molecule has 0 spiro atoms. The molecule has 0 saturated carbocycles. The first-order valence-corrected chi connectivity index (χ1v) is 6.01. The minimum atomic E-state index is -0.395. The molecule has 5 heteroatoms. The van der Waals surface area contributed by atoms with Crippen molar-refractivity contribution in [2.24, 2.45) is 0 Å². The van der Waals surface area contributed by atoms with E-state index in [2.05, 4.69) is 10.3 Å². The summed E-state index contributed by atoms with van der Waals surface area (Å²) in [6.45, 7) is 6.03. The number of ether oxygens (including phenoxy) is 1. The van der Waals surface area contributed by atoms with Crippen molar-refractivity contribution in [3.8, 4) is 0 Å². The van der Waals surface area contributed by atoms with Crippen molar-refractivity contribution in [1.82, 2.24) is 4.98 Å². The van der Waals surface area contributed by atoms with Crippen molar-refractivity contribution >= 4 is 11.8 Å². The Kier molecular flexibility index (Phi) is 5.09. The van der Waals surface area contributed by atoms with Gasteiger partial charge in [0, 0.05) is 18.3 Å². The summed E-state index contributed by atoms with van der Waals surface area (Å²) in [5.74, 6) is 0.0855. The first-order chi connectivity index (χ1) is 8.50. The molecular formula is C13H20N2O3. The van der Waals surface area contributed by atoms with E-state index in [1.807, 2.05) is 13.8 Å². The average Bonchev–Trinajstić information content (AvgIpc) is 2.29. The van der Waals surface area contributed by atoms with Crippen LogP contribution in [0.5, 0.6) is 0 Å². The molecule has 0 aliphatic rings. The Balaban J connectivity index is 2.92. The highest BCUT2D eigenvalue weighted by Gasteiger charge is 2.21. The second-order valence-corrected chi connectivity index (χ2v) is 4.60. The molecule has 0 unspecified atom stereocenters. The topological polar surface area (TPSA) is 71.5 Å². The van der Waals surface area contributed by atoms with E-state index < -0.39 is 5.97 Å². The molecule has 0 atom stereocenters. The predicted molar refractivity (Wildman–Crippen MR) is 69.6 cm³/mol. The Morgan fingerprint density at radius 2 is 2.28 bits per heavy atom. The fraction of sp³-hybridized carbons (Fsp3) is 0.538. The molecule has 1 aromatic heterocycles. The van der Waals surface area contributed by atoms with Gasteiger partial charge < -0.3 is 15.2 Å². The largest absolute Gasteiger partial charge is 0.462 e. The fourth-order valence-electron chi connectivity index (χ4n) is 1.54. The Morgan fingerprint density at radius 1 is 1.56 bits per heavy atom. The van der Waals surface area contributed by atoms with Crippen LogP contribution in [0.15, 0.2) is 18.3 Å². The van der Waals surface area contributed by atoms with E-state index in [0.717, 1.165) is 0 Å². The van der Waals surface area contributed by atoms with Crippen LogP contribution >= 0.6 is 0 Å². The van der Waals surface area contributed by atoms with Gasteiger partial charge in [-0.05, 0) is 39.3 Å². The van der Waals surface area contributed by atoms with E-state index in [0.29, 0.717) is 24.4 Å². The quantitative estimate of drug-likeness (QED) is 0.756. The number of rotatable bonds is 6. The van der Waals surface area contributed by atoms with Crippen LogP contribution in [0.3, 0.4) is 0 Å². The van der Waals surface area contributed by atoms with Crippen LogP contribution in [0.4, 0.5) is 5.82 Å². The number of hydrogen-bond acceptors (Lipinski definition) is 5. The molecule has 0 amide bonds. The number of carbonyl (C=O) groups is 1. The van der Waals surface area contributed by atoms with Gasteiger partial charge in [0.2, 0.25) is 0 Å². The van der Waals surface area contributed by atoms with Gasteiger partial charge in [0.15, 0.2) is 0 Å². The van der Waals surface area contributed by atoms with Crippen molar-refractivity contribution < 1.29 is 14.6 Å². The lowest BCUT2D eigenvalue weighted by Gasteiger charge is -2.26. The molecule has 0 saturated heterocycles. The van der Waals surface area contributed by atoms with Crippen LogP contribution in [0.2, 0.25) is 0 Å². The summed E-state index contributed by atoms with van der Waals surface area (Å²) in [5.41, 5.74) is 0.0648. The molecule has 5 nitrogen and oxygen atoms in total. The van der Waals surface area contributed by atoms with Gasteiger partial charge in [-0.1, -0.05) is 0 Å². The highest BCUT2D eigenvalue weighted by molar-refractivity contribution is 5.94. The number of hydrogen-bond donors (Lipinski definition) is 2. The molecule has 2 N–H and O–H groups in total. The lowest BCUT2D eigenvalue weighted by atomic mass is 10.0. The number of nitrogens with one attached hydrogen (secondary N) is 1. The lowest BCUT2D eigenvalue weighted by molar-refractivity contribution is 0.0527. The molecule has 0 aliphatic carbocycles. The zero-order valence-electron chi connectivity index (χ0n) is 11.1. The van der Waals surface area contributed by atoms with Crippen molar-refractivity contribution in [3.63, 3.8) is 0 Å². The average molecular weight is 252 g/mol.